The molecule has 5 heterocycles. The van der Waals surface area contributed by atoms with E-state index in [0.29, 0.717) is 31.7 Å². The molecular formula is C25H27N5O3S. The Balaban J connectivity index is 1.29. The number of ether oxygens (including phenoxy) is 1. The van der Waals surface area contributed by atoms with Crippen LogP contribution in [0.15, 0.2) is 41.5 Å². The number of pyridine rings is 1. The van der Waals surface area contributed by atoms with Crippen LogP contribution in [0.3, 0.4) is 0 Å². The van der Waals surface area contributed by atoms with Gasteiger partial charge in [-0.1, -0.05) is 0 Å². The van der Waals surface area contributed by atoms with E-state index in [1.54, 1.807) is 23.9 Å². The van der Waals surface area contributed by atoms with Gasteiger partial charge in [-0.15, -0.1) is 0 Å². The van der Waals surface area contributed by atoms with Crippen LogP contribution in [0.4, 0.5) is 5.82 Å². The van der Waals surface area contributed by atoms with Gasteiger partial charge in [0.1, 0.15) is 12.1 Å². The van der Waals surface area contributed by atoms with Gasteiger partial charge in [-0.3, -0.25) is 14.6 Å². The average Bonchev–Trinajstić information content (AvgIpc) is 3.43. The number of anilines is 1. The molecule has 2 aliphatic heterocycles. The molecule has 3 aromatic heterocycles. The van der Waals surface area contributed by atoms with Crippen molar-refractivity contribution in [3.63, 3.8) is 0 Å². The van der Waals surface area contributed by atoms with E-state index in [-0.39, 0.29) is 17.8 Å². The normalized spacial score (nSPS) is 16.3. The van der Waals surface area contributed by atoms with Crippen LogP contribution < -0.4 is 4.90 Å². The number of thiophene rings is 1. The second kappa shape index (κ2) is 9.89. The van der Waals surface area contributed by atoms with E-state index in [1.165, 1.54) is 0 Å². The van der Waals surface area contributed by atoms with Gasteiger partial charge < -0.3 is 14.5 Å². The summed E-state index contributed by atoms with van der Waals surface area (Å²) in [4.78, 5) is 43.0. The van der Waals surface area contributed by atoms with Gasteiger partial charge in [-0.25, -0.2) is 9.97 Å². The van der Waals surface area contributed by atoms with E-state index in [2.05, 4.69) is 19.9 Å². The first kappa shape index (κ1) is 22.5. The zero-order valence-electron chi connectivity index (χ0n) is 19.1. The minimum Gasteiger partial charge on any atom is -0.466 e. The Bertz CT molecular complexity index is 1160. The topological polar surface area (TPSA) is 88.5 Å². The Morgan fingerprint density at radius 1 is 1.12 bits per heavy atom. The number of hydrogen-bond donors (Lipinski definition) is 0. The van der Waals surface area contributed by atoms with Crippen LogP contribution in [0.1, 0.15) is 41.4 Å². The molecule has 1 amide bonds. The van der Waals surface area contributed by atoms with Gasteiger partial charge in [-0.2, -0.15) is 11.3 Å². The summed E-state index contributed by atoms with van der Waals surface area (Å²) < 4.78 is 5.19. The Hall–Kier alpha value is -3.33. The minimum absolute atomic E-state index is 0.0363. The summed E-state index contributed by atoms with van der Waals surface area (Å²) in [5.74, 6) is 0.667. The SMILES string of the molecule is CCOC(=O)C1CCN(c2ncnc3c2CN(C(=O)c2ccc(-c4ccsc4)nc2)CC3)CC1. The van der Waals surface area contributed by atoms with Crippen molar-refractivity contribution in [2.75, 3.05) is 31.1 Å². The number of hydrogen-bond acceptors (Lipinski definition) is 8. The Morgan fingerprint density at radius 2 is 1.97 bits per heavy atom. The lowest BCUT2D eigenvalue weighted by Crippen LogP contribution is -2.41. The molecular weight excluding hydrogens is 450 g/mol. The molecule has 2 aliphatic rings. The lowest BCUT2D eigenvalue weighted by atomic mass is 9.96. The smallest absolute Gasteiger partial charge is 0.309 e. The Kier molecular flexibility index (Phi) is 6.53. The predicted molar refractivity (Wildman–Crippen MR) is 130 cm³/mol. The van der Waals surface area contributed by atoms with Crippen molar-refractivity contribution in [3.8, 4) is 11.3 Å². The molecule has 8 nitrogen and oxygen atoms in total. The van der Waals surface area contributed by atoms with Crippen LogP contribution in [-0.4, -0.2) is 58.0 Å². The number of carbonyl (C=O) groups excluding carboxylic acids is 2. The molecule has 34 heavy (non-hydrogen) atoms. The first-order valence-corrected chi connectivity index (χ1v) is 12.6. The molecule has 0 aliphatic carbocycles. The number of nitrogens with zero attached hydrogens (tertiary/aromatic N) is 5. The van der Waals surface area contributed by atoms with Gasteiger partial charge in [0.2, 0.25) is 0 Å². The summed E-state index contributed by atoms with van der Waals surface area (Å²) in [6, 6.07) is 5.77. The molecule has 9 heteroatoms. The second-order valence-electron chi connectivity index (χ2n) is 8.56. The van der Waals surface area contributed by atoms with E-state index in [1.807, 2.05) is 40.8 Å². The third-order valence-electron chi connectivity index (χ3n) is 6.51. The summed E-state index contributed by atoms with van der Waals surface area (Å²) >= 11 is 1.62. The van der Waals surface area contributed by atoms with Gasteiger partial charge in [0.05, 0.1) is 36.0 Å². The van der Waals surface area contributed by atoms with Gasteiger partial charge in [-0.05, 0) is 43.3 Å². The van der Waals surface area contributed by atoms with Crippen molar-refractivity contribution < 1.29 is 14.3 Å². The zero-order chi connectivity index (χ0) is 23.5. The summed E-state index contributed by atoms with van der Waals surface area (Å²) in [6.45, 7) is 4.79. The van der Waals surface area contributed by atoms with Crippen molar-refractivity contribution in [1.29, 1.82) is 0 Å². The van der Waals surface area contributed by atoms with Crippen LogP contribution >= 0.6 is 11.3 Å². The molecule has 0 spiro atoms. The van der Waals surface area contributed by atoms with E-state index >= 15 is 0 Å². The third kappa shape index (κ3) is 4.52. The fraction of sp³-hybridized carbons (Fsp3) is 0.400. The van der Waals surface area contributed by atoms with Crippen LogP contribution in [0, 0.1) is 5.92 Å². The maximum absolute atomic E-state index is 13.3. The number of piperidine rings is 1. The van der Waals surface area contributed by atoms with Crippen molar-refractivity contribution in [2.45, 2.75) is 32.7 Å². The fourth-order valence-corrected chi connectivity index (χ4v) is 5.29. The van der Waals surface area contributed by atoms with Gasteiger partial charge in [0.25, 0.3) is 5.91 Å². The molecule has 0 atom stereocenters. The summed E-state index contributed by atoms with van der Waals surface area (Å²) in [7, 11) is 0. The van der Waals surface area contributed by atoms with E-state index in [9.17, 15) is 9.59 Å². The van der Waals surface area contributed by atoms with Gasteiger partial charge in [0, 0.05) is 48.8 Å². The molecule has 176 valence electrons. The highest BCUT2D eigenvalue weighted by Gasteiger charge is 2.31. The quantitative estimate of drug-likeness (QED) is 0.519. The highest BCUT2D eigenvalue weighted by atomic mass is 32.1. The van der Waals surface area contributed by atoms with E-state index < -0.39 is 0 Å². The van der Waals surface area contributed by atoms with Gasteiger partial charge >= 0.3 is 5.97 Å². The number of fused-ring (bicyclic) bond motifs is 1. The number of rotatable bonds is 5. The van der Waals surface area contributed by atoms with Crippen LogP contribution in [0.2, 0.25) is 0 Å². The Labute approximate surface area is 202 Å². The lowest BCUT2D eigenvalue weighted by molar-refractivity contribution is -0.148. The standard InChI is InChI=1S/C25H27N5O3S/c1-2-33-25(32)17-5-9-29(10-6-17)23-20-14-30(11-7-22(20)27-16-28-23)24(31)18-3-4-21(26-13-18)19-8-12-34-15-19/h3-4,8,12-13,15-17H,2,5-7,9-11,14H2,1H3. The molecule has 0 aromatic carbocycles. The number of amides is 1. The molecule has 3 aromatic rings. The van der Waals surface area contributed by atoms with Crippen molar-refractivity contribution in [3.05, 3.63) is 58.3 Å². The second-order valence-corrected chi connectivity index (χ2v) is 9.34. The van der Waals surface area contributed by atoms with Crippen LogP contribution in [-0.2, 0) is 22.5 Å². The van der Waals surface area contributed by atoms with E-state index in [0.717, 1.165) is 54.3 Å². The molecule has 0 unspecified atom stereocenters. The molecule has 0 N–H and O–H groups in total. The summed E-state index contributed by atoms with van der Waals surface area (Å²) in [6.07, 6.45) is 5.44. The molecule has 0 bridgehead atoms. The monoisotopic (exact) mass is 477 g/mol. The third-order valence-corrected chi connectivity index (χ3v) is 7.19. The number of carbonyl (C=O) groups is 2. The average molecular weight is 478 g/mol. The number of esters is 1. The maximum Gasteiger partial charge on any atom is 0.309 e. The fourth-order valence-electron chi connectivity index (χ4n) is 4.64. The summed E-state index contributed by atoms with van der Waals surface area (Å²) in [5.41, 5.74) is 4.50. The number of aromatic nitrogens is 3. The molecule has 5 rings (SSSR count). The highest BCUT2D eigenvalue weighted by molar-refractivity contribution is 7.08. The maximum atomic E-state index is 13.3. The molecule has 1 fully saturated rings. The van der Waals surface area contributed by atoms with E-state index in [4.69, 9.17) is 4.74 Å². The first-order chi connectivity index (χ1) is 16.6. The van der Waals surface area contributed by atoms with Crippen LogP contribution in [0.25, 0.3) is 11.3 Å². The predicted octanol–water partition coefficient (Wildman–Crippen LogP) is 3.58. The van der Waals surface area contributed by atoms with Crippen molar-refractivity contribution in [2.24, 2.45) is 5.92 Å². The van der Waals surface area contributed by atoms with Crippen molar-refractivity contribution >= 4 is 29.0 Å². The summed E-state index contributed by atoms with van der Waals surface area (Å²) in [5, 5.41) is 4.06. The largest absolute Gasteiger partial charge is 0.466 e. The molecule has 1 saturated heterocycles. The minimum atomic E-state index is -0.109. The molecule has 0 radical (unpaired) electrons. The van der Waals surface area contributed by atoms with Gasteiger partial charge in [0.15, 0.2) is 0 Å². The highest BCUT2D eigenvalue weighted by Crippen LogP contribution is 2.30. The Morgan fingerprint density at radius 3 is 2.68 bits per heavy atom. The lowest BCUT2D eigenvalue weighted by Gasteiger charge is -2.35. The first-order valence-electron chi connectivity index (χ1n) is 11.7. The zero-order valence-corrected chi connectivity index (χ0v) is 20.0. The van der Waals surface area contributed by atoms with Crippen LogP contribution in [0.5, 0.6) is 0 Å². The molecule has 0 saturated carbocycles. The van der Waals surface area contributed by atoms with Crippen molar-refractivity contribution in [1.82, 2.24) is 19.9 Å².